The van der Waals surface area contributed by atoms with Crippen LogP contribution in [0.1, 0.15) is 28.4 Å². The van der Waals surface area contributed by atoms with Gasteiger partial charge in [-0.1, -0.05) is 24.3 Å². The average Bonchev–Trinajstić information content (AvgIpc) is 2.61. The molecule has 0 spiro atoms. The van der Waals surface area contributed by atoms with E-state index in [0.29, 0.717) is 23.4 Å². The third-order valence-corrected chi connectivity index (χ3v) is 3.89. The summed E-state index contributed by atoms with van der Waals surface area (Å²) in [6.45, 7) is 0.395. The van der Waals surface area contributed by atoms with Crippen molar-refractivity contribution in [1.82, 2.24) is 4.90 Å². The highest BCUT2D eigenvalue weighted by Crippen LogP contribution is 2.17. The second kappa shape index (κ2) is 9.36. The summed E-state index contributed by atoms with van der Waals surface area (Å²) in [5.74, 6) is -0.409. The van der Waals surface area contributed by atoms with Crippen molar-refractivity contribution in [3.8, 4) is 0 Å². The van der Waals surface area contributed by atoms with Gasteiger partial charge in [0.25, 0.3) is 5.91 Å². The molecule has 0 aliphatic heterocycles. The van der Waals surface area contributed by atoms with Crippen LogP contribution in [0.15, 0.2) is 48.5 Å². The quantitative estimate of drug-likeness (QED) is 0.772. The van der Waals surface area contributed by atoms with Crippen LogP contribution in [0.3, 0.4) is 0 Å². The van der Waals surface area contributed by atoms with Crippen LogP contribution in [0.2, 0.25) is 0 Å². The molecule has 0 aromatic heterocycles. The molecule has 0 radical (unpaired) electrons. The first-order valence-corrected chi connectivity index (χ1v) is 8.49. The van der Waals surface area contributed by atoms with Crippen molar-refractivity contribution in [1.29, 1.82) is 0 Å². The molecule has 0 saturated carbocycles. The molecule has 0 saturated heterocycles. The third-order valence-electron chi connectivity index (χ3n) is 3.89. The van der Waals surface area contributed by atoms with Crippen molar-refractivity contribution < 1.29 is 27.5 Å². The molecule has 0 aliphatic rings. The number of nitrogens with zero attached hydrogens (tertiary/aromatic N) is 1. The van der Waals surface area contributed by atoms with E-state index in [2.05, 4.69) is 10.1 Å². The summed E-state index contributed by atoms with van der Waals surface area (Å²) in [7, 11) is 1.69. The van der Waals surface area contributed by atoms with Crippen molar-refractivity contribution in [2.24, 2.45) is 0 Å². The van der Waals surface area contributed by atoms with Crippen LogP contribution < -0.4 is 5.32 Å². The van der Waals surface area contributed by atoms with Gasteiger partial charge in [-0.2, -0.15) is 13.2 Å². The van der Waals surface area contributed by atoms with Crippen LogP contribution in [-0.4, -0.2) is 36.5 Å². The summed E-state index contributed by atoms with van der Waals surface area (Å²) in [4.78, 5) is 25.2. The van der Waals surface area contributed by atoms with E-state index in [-0.39, 0.29) is 18.4 Å². The molecule has 0 heterocycles. The summed E-state index contributed by atoms with van der Waals surface area (Å²) >= 11 is 0. The lowest BCUT2D eigenvalue weighted by Gasteiger charge is -2.15. The van der Waals surface area contributed by atoms with Gasteiger partial charge in [0.2, 0.25) is 5.91 Å². The maximum absolute atomic E-state index is 12.4. The van der Waals surface area contributed by atoms with E-state index in [0.717, 1.165) is 5.56 Å². The van der Waals surface area contributed by atoms with E-state index >= 15 is 0 Å². The van der Waals surface area contributed by atoms with Gasteiger partial charge in [0.05, 0.1) is 6.61 Å². The molecular weight excluding hydrogens is 373 g/mol. The molecule has 2 aromatic carbocycles. The van der Waals surface area contributed by atoms with E-state index < -0.39 is 12.8 Å². The Bertz CT molecular complexity index is 820. The van der Waals surface area contributed by atoms with Gasteiger partial charge in [-0.3, -0.25) is 9.59 Å². The smallest absolute Gasteiger partial charge is 0.367 e. The number of hydrogen-bond donors (Lipinski definition) is 1. The SMILES string of the molecule is CC(=O)N(C)Cc1cccc(NC(=O)c2ccc(COCC(F)(F)F)cc2)c1. The van der Waals surface area contributed by atoms with Gasteiger partial charge >= 0.3 is 6.18 Å². The molecule has 2 aromatic rings. The Morgan fingerprint density at radius 1 is 1.07 bits per heavy atom. The van der Waals surface area contributed by atoms with Gasteiger partial charge in [0.1, 0.15) is 6.61 Å². The lowest BCUT2D eigenvalue weighted by Crippen LogP contribution is -2.23. The molecule has 8 heteroatoms. The molecule has 0 bridgehead atoms. The molecule has 2 rings (SSSR count). The van der Waals surface area contributed by atoms with Gasteiger partial charge in [-0.05, 0) is 35.4 Å². The average molecular weight is 394 g/mol. The number of ether oxygens (including phenoxy) is 1. The standard InChI is InChI=1S/C20H21F3N2O3/c1-14(26)25(2)11-16-4-3-5-18(10-16)24-19(27)17-8-6-15(7-9-17)12-28-13-20(21,22)23/h3-10H,11-13H2,1-2H3,(H,24,27). The highest BCUT2D eigenvalue weighted by Gasteiger charge is 2.27. The van der Waals surface area contributed by atoms with E-state index in [9.17, 15) is 22.8 Å². The highest BCUT2D eigenvalue weighted by molar-refractivity contribution is 6.04. The number of hydrogen-bond acceptors (Lipinski definition) is 3. The predicted octanol–water partition coefficient (Wildman–Crippen LogP) is 4.00. The van der Waals surface area contributed by atoms with Crippen LogP contribution in [0.4, 0.5) is 18.9 Å². The van der Waals surface area contributed by atoms with Gasteiger partial charge in [-0.25, -0.2) is 0 Å². The Hall–Kier alpha value is -2.87. The summed E-state index contributed by atoms with van der Waals surface area (Å²) in [5.41, 5.74) is 2.35. The number of amides is 2. The summed E-state index contributed by atoms with van der Waals surface area (Å²) in [6, 6.07) is 13.3. The minimum atomic E-state index is -4.37. The summed E-state index contributed by atoms with van der Waals surface area (Å²) in [5, 5.41) is 2.76. The lowest BCUT2D eigenvalue weighted by molar-refractivity contribution is -0.176. The molecule has 0 aliphatic carbocycles. The Kier molecular flexibility index (Phi) is 7.17. The maximum Gasteiger partial charge on any atom is 0.411 e. The molecule has 28 heavy (non-hydrogen) atoms. The Morgan fingerprint density at radius 2 is 1.75 bits per heavy atom. The Morgan fingerprint density at radius 3 is 2.36 bits per heavy atom. The van der Waals surface area contributed by atoms with Crippen LogP contribution in [0, 0.1) is 0 Å². The first kappa shape index (κ1) is 21.4. The van der Waals surface area contributed by atoms with Crippen molar-refractivity contribution in [3.05, 3.63) is 65.2 Å². The summed E-state index contributed by atoms with van der Waals surface area (Å²) in [6.07, 6.45) is -4.37. The van der Waals surface area contributed by atoms with Crippen LogP contribution in [0.5, 0.6) is 0 Å². The van der Waals surface area contributed by atoms with Gasteiger partial charge in [0, 0.05) is 31.8 Å². The topological polar surface area (TPSA) is 58.6 Å². The van der Waals surface area contributed by atoms with E-state index in [1.807, 2.05) is 6.07 Å². The fourth-order valence-electron chi connectivity index (χ4n) is 2.37. The molecule has 0 fully saturated rings. The van der Waals surface area contributed by atoms with E-state index in [1.54, 1.807) is 42.3 Å². The van der Waals surface area contributed by atoms with Gasteiger partial charge in [-0.15, -0.1) is 0 Å². The fourth-order valence-corrected chi connectivity index (χ4v) is 2.37. The van der Waals surface area contributed by atoms with Gasteiger partial charge < -0.3 is 15.0 Å². The maximum atomic E-state index is 12.4. The molecule has 1 N–H and O–H groups in total. The van der Waals surface area contributed by atoms with Crippen molar-refractivity contribution in [2.45, 2.75) is 26.3 Å². The van der Waals surface area contributed by atoms with Crippen LogP contribution >= 0.6 is 0 Å². The zero-order valence-electron chi connectivity index (χ0n) is 15.5. The monoisotopic (exact) mass is 394 g/mol. The Balaban J connectivity index is 1.94. The zero-order chi connectivity index (χ0) is 20.7. The van der Waals surface area contributed by atoms with Crippen molar-refractivity contribution in [3.63, 3.8) is 0 Å². The minimum absolute atomic E-state index is 0.0614. The number of rotatable bonds is 7. The van der Waals surface area contributed by atoms with Crippen LogP contribution in [-0.2, 0) is 22.7 Å². The molecule has 5 nitrogen and oxygen atoms in total. The van der Waals surface area contributed by atoms with Crippen LogP contribution in [0.25, 0.3) is 0 Å². The van der Waals surface area contributed by atoms with E-state index in [4.69, 9.17) is 0 Å². The number of carbonyl (C=O) groups is 2. The molecule has 0 atom stereocenters. The molecule has 150 valence electrons. The molecular formula is C20H21F3N2O3. The highest BCUT2D eigenvalue weighted by atomic mass is 19.4. The second-order valence-electron chi connectivity index (χ2n) is 6.33. The number of benzene rings is 2. The number of anilines is 1. The first-order valence-electron chi connectivity index (χ1n) is 8.49. The first-order chi connectivity index (χ1) is 13.1. The predicted molar refractivity (Wildman–Crippen MR) is 98.7 cm³/mol. The van der Waals surface area contributed by atoms with E-state index in [1.165, 1.54) is 19.1 Å². The van der Waals surface area contributed by atoms with Crippen molar-refractivity contribution in [2.75, 3.05) is 19.0 Å². The molecule has 0 unspecified atom stereocenters. The number of nitrogens with one attached hydrogen (secondary N) is 1. The second-order valence-corrected chi connectivity index (χ2v) is 6.33. The Labute approximate surface area is 161 Å². The normalized spacial score (nSPS) is 11.2. The number of alkyl halides is 3. The fraction of sp³-hybridized carbons (Fsp3) is 0.300. The minimum Gasteiger partial charge on any atom is -0.367 e. The lowest BCUT2D eigenvalue weighted by atomic mass is 10.1. The largest absolute Gasteiger partial charge is 0.411 e. The van der Waals surface area contributed by atoms with Crippen molar-refractivity contribution >= 4 is 17.5 Å². The zero-order valence-corrected chi connectivity index (χ0v) is 15.5. The summed E-state index contributed by atoms with van der Waals surface area (Å²) < 4.78 is 40.8. The van der Waals surface area contributed by atoms with Gasteiger partial charge in [0.15, 0.2) is 0 Å². The number of carbonyl (C=O) groups excluding carboxylic acids is 2. The third kappa shape index (κ3) is 7.03. The number of halogens is 3. The molecule has 2 amide bonds.